The van der Waals surface area contributed by atoms with E-state index in [2.05, 4.69) is 0 Å². The normalized spacial score (nSPS) is 16.0. The predicted molar refractivity (Wildman–Crippen MR) is 69.3 cm³/mol. The van der Waals surface area contributed by atoms with Crippen LogP contribution in [0.2, 0.25) is 19.1 Å². The zero-order valence-corrected chi connectivity index (χ0v) is 14.9. The van der Waals surface area contributed by atoms with E-state index in [9.17, 15) is 57.1 Å². The zero-order chi connectivity index (χ0) is 22.3. The van der Waals surface area contributed by atoms with Crippen molar-refractivity contribution in [1.29, 1.82) is 0 Å². The van der Waals surface area contributed by atoms with Crippen LogP contribution in [-0.4, -0.2) is 50.7 Å². The Kier molecular flexibility index (Phi) is 7.06. The van der Waals surface area contributed by atoms with Crippen LogP contribution in [0.5, 0.6) is 0 Å². The summed E-state index contributed by atoms with van der Waals surface area (Å²) in [6, 6.07) is -0.985. The molecule has 0 aliphatic carbocycles. The second-order valence-corrected chi connectivity index (χ2v) is 10.5. The zero-order valence-electron chi connectivity index (χ0n) is 13.9. The number of alkyl halides is 13. The summed E-state index contributed by atoms with van der Waals surface area (Å²) in [5.41, 5.74) is 0. The Bertz CT molecular complexity index is 512. The van der Waals surface area contributed by atoms with Crippen LogP contribution in [0.15, 0.2) is 0 Å². The Balaban J connectivity index is 5.94. The van der Waals surface area contributed by atoms with Gasteiger partial charge >= 0.3 is 35.8 Å². The molecule has 0 rings (SSSR count). The lowest BCUT2D eigenvalue weighted by molar-refractivity contribution is -0.439. The molecule has 0 fully saturated rings. The van der Waals surface area contributed by atoms with Crippen LogP contribution in [0.25, 0.3) is 0 Å². The molecule has 1 nitrogen and oxygen atoms in total. The molecule has 0 aromatic carbocycles. The van der Waals surface area contributed by atoms with Crippen molar-refractivity contribution in [3.05, 3.63) is 0 Å². The van der Waals surface area contributed by atoms with Crippen LogP contribution in [0.1, 0.15) is 13.3 Å². The molecule has 0 unspecified atom stereocenters. The first-order valence-corrected chi connectivity index (χ1v) is 10.2. The lowest BCUT2D eigenvalue weighted by Crippen LogP contribution is -2.70. The summed E-state index contributed by atoms with van der Waals surface area (Å²) in [7, 11) is -3.14. The summed E-state index contributed by atoms with van der Waals surface area (Å²) in [5.74, 6) is -36.5. The minimum absolute atomic E-state index is 0.0762. The third kappa shape index (κ3) is 4.48. The third-order valence-electron chi connectivity index (χ3n) is 3.57. The number of hydrogen-bond donors (Lipinski definition) is 0. The standard InChI is InChI=1S/C12H15F13OSi/c1-4-26-27(2,3)6-5-7(13,14)8(15,16)9(17,18)10(19,20)11(21,22)12(23,24)25/h4-6H2,1-3H3. The van der Waals surface area contributed by atoms with Gasteiger partial charge in [0.15, 0.2) is 8.32 Å². The molecule has 0 aromatic heterocycles. The van der Waals surface area contributed by atoms with E-state index in [0.29, 0.717) is 0 Å². The maximum absolute atomic E-state index is 13.6. The maximum Gasteiger partial charge on any atom is 0.460 e. The van der Waals surface area contributed by atoms with Gasteiger partial charge < -0.3 is 4.43 Å². The van der Waals surface area contributed by atoms with E-state index in [0.717, 1.165) is 0 Å². The molecule has 0 N–H and O–H groups in total. The van der Waals surface area contributed by atoms with Crippen molar-refractivity contribution >= 4 is 8.32 Å². The molecule has 0 heterocycles. The van der Waals surface area contributed by atoms with Crippen molar-refractivity contribution in [2.75, 3.05) is 6.61 Å². The fraction of sp³-hybridized carbons (Fsp3) is 1.00. The molecule has 0 bridgehead atoms. The summed E-state index contributed by atoms with van der Waals surface area (Å²) in [4.78, 5) is 0. The molecule has 0 aliphatic rings. The topological polar surface area (TPSA) is 9.23 Å². The lowest BCUT2D eigenvalue weighted by Gasteiger charge is -2.40. The molecule has 164 valence electrons. The maximum atomic E-state index is 13.6. The van der Waals surface area contributed by atoms with Crippen LogP contribution in [0.4, 0.5) is 57.1 Å². The summed E-state index contributed by atoms with van der Waals surface area (Å²) in [5, 5.41) is 0. The molecule has 0 saturated carbocycles. The fourth-order valence-electron chi connectivity index (χ4n) is 1.88. The Hall–Kier alpha value is -0.733. The van der Waals surface area contributed by atoms with Gasteiger partial charge in [0.1, 0.15) is 0 Å². The minimum atomic E-state index is -7.85. The molecule has 0 saturated heterocycles. The van der Waals surface area contributed by atoms with Gasteiger partial charge in [0.25, 0.3) is 0 Å². The van der Waals surface area contributed by atoms with Crippen LogP contribution in [-0.2, 0) is 4.43 Å². The van der Waals surface area contributed by atoms with Crippen LogP contribution in [0, 0.1) is 0 Å². The smallest absolute Gasteiger partial charge is 0.418 e. The van der Waals surface area contributed by atoms with Crippen molar-refractivity contribution in [1.82, 2.24) is 0 Å². The monoisotopic (exact) mass is 450 g/mol. The van der Waals surface area contributed by atoms with E-state index < -0.39 is 56.6 Å². The molecular weight excluding hydrogens is 435 g/mol. The molecule has 0 atom stereocenters. The Labute approximate surface area is 146 Å². The molecule has 27 heavy (non-hydrogen) atoms. The highest BCUT2D eigenvalue weighted by Crippen LogP contribution is 2.60. The van der Waals surface area contributed by atoms with E-state index in [1.54, 1.807) is 0 Å². The van der Waals surface area contributed by atoms with Gasteiger partial charge in [-0.15, -0.1) is 0 Å². The van der Waals surface area contributed by atoms with E-state index >= 15 is 0 Å². The Morgan fingerprint density at radius 3 is 1.33 bits per heavy atom. The molecule has 0 aromatic rings. The minimum Gasteiger partial charge on any atom is -0.418 e. The van der Waals surface area contributed by atoms with Crippen LogP contribution >= 0.6 is 0 Å². The van der Waals surface area contributed by atoms with Crippen LogP contribution in [0.3, 0.4) is 0 Å². The SMILES string of the molecule is CCO[Si](C)(C)CCC(F)(F)C(F)(F)C(F)(F)C(F)(F)C(F)(F)C(F)(F)F. The van der Waals surface area contributed by atoms with Gasteiger partial charge in [-0.25, -0.2) is 0 Å². The summed E-state index contributed by atoms with van der Waals surface area (Å²) in [6.07, 6.45) is -9.59. The molecule has 15 heteroatoms. The molecule has 0 radical (unpaired) electrons. The quantitative estimate of drug-likeness (QED) is 0.294. The molecular formula is C12H15F13OSi. The average Bonchev–Trinajstić information content (AvgIpc) is 2.43. The number of rotatable bonds is 9. The predicted octanol–water partition coefficient (Wildman–Crippen LogP) is 6.36. The van der Waals surface area contributed by atoms with Crippen molar-refractivity contribution in [3.8, 4) is 0 Å². The Morgan fingerprint density at radius 2 is 1.00 bits per heavy atom. The first-order valence-electron chi connectivity index (χ1n) is 7.11. The first kappa shape index (κ1) is 26.3. The second kappa shape index (κ2) is 7.26. The first-order chi connectivity index (χ1) is 11.5. The highest BCUT2D eigenvalue weighted by Gasteiger charge is 2.90. The highest BCUT2D eigenvalue weighted by molar-refractivity contribution is 6.71. The van der Waals surface area contributed by atoms with Crippen molar-refractivity contribution in [2.24, 2.45) is 0 Å². The highest BCUT2D eigenvalue weighted by atomic mass is 28.4. The van der Waals surface area contributed by atoms with E-state index in [1.165, 1.54) is 20.0 Å². The molecule has 0 amide bonds. The van der Waals surface area contributed by atoms with E-state index in [4.69, 9.17) is 4.43 Å². The second-order valence-electron chi connectivity index (χ2n) is 6.19. The van der Waals surface area contributed by atoms with Gasteiger partial charge in [-0.3, -0.25) is 0 Å². The van der Waals surface area contributed by atoms with Crippen molar-refractivity contribution in [2.45, 2.75) is 68.3 Å². The van der Waals surface area contributed by atoms with Crippen molar-refractivity contribution < 1.29 is 61.5 Å². The molecule has 0 aliphatic heterocycles. The van der Waals surface area contributed by atoms with E-state index in [-0.39, 0.29) is 6.61 Å². The van der Waals surface area contributed by atoms with Crippen molar-refractivity contribution in [3.63, 3.8) is 0 Å². The Morgan fingerprint density at radius 1 is 0.630 bits per heavy atom. The number of hydrogen-bond acceptors (Lipinski definition) is 1. The average molecular weight is 450 g/mol. The summed E-state index contributed by atoms with van der Waals surface area (Å²) < 4.78 is 173. The van der Waals surface area contributed by atoms with Gasteiger partial charge in [0.2, 0.25) is 0 Å². The molecule has 0 spiro atoms. The fourth-order valence-corrected chi connectivity index (χ4v) is 3.72. The summed E-state index contributed by atoms with van der Waals surface area (Å²) >= 11 is 0. The van der Waals surface area contributed by atoms with Crippen LogP contribution < -0.4 is 0 Å². The van der Waals surface area contributed by atoms with E-state index in [1.807, 2.05) is 0 Å². The number of halogens is 13. The summed E-state index contributed by atoms with van der Waals surface area (Å²) in [6.45, 7) is 3.69. The lowest BCUT2D eigenvalue weighted by atomic mass is 9.93. The third-order valence-corrected chi connectivity index (χ3v) is 6.10. The van der Waals surface area contributed by atoms with Gasteiger partial charge in [-0.05, 0) is 26.1 Å². The van der Waals surface area contributed by atoms with Gasteiger partial charge in [-0.1, -0.05) is 0 Å². The van der Waals surface area contributed by atoms with Gasteiger partial charge in [-0.2, -0.15) is 57.1 Å². The van der Waals surface area contributed by atoms with Gasteiger partial charge in [0.05, 0.1) is 0 Å². The van der Waals surface area contributed by atoms with Gasteiger partial charge in [0, 0.05) is 13.0 Å². The largest absolute Gasteiger partial charge is 0.460 e.